The Morgan fingerprint density at radius 3 is 2.47 bits per heavy atom. The fourth-order valence-electron chi connectivity index (χ4n) is 6.81. The fraction of sp³-hybridized carbons (Fsp3) is 0.808. The Labute approximate surface area is 202 Å². The molecule has 4 heterocycles. The molecule has 5 aliphatic rings. The van der Waals surface area contributed by atoms with Crippen molar-refractivity contribution >= 4 is 17.7 Å². The van der Waals surface area contributed by atoms with Crippen LogP contribution in [0.4, 0.5) is 0 Å². The number of carbonyl (C=O) groups is 3. The second-order valence-electron chi connectivity index (χ2n) is 12.0. The van der Waals surface area contributed by atoms with Gasteiger partial charge in [0.15, 0.2) is 0 Å². The monoisotopic (exact) mass is 473 g/mol. The van der Waals surface area contributed by atoms with Crippen molar-refractivity contribution in [1.82, 2.24) is 15.5 Å². The molecule has 0 aromatic rings. The molecule has 188 valence electrons. The van der Waals surface area contributed by atoms with Crippen LogP contribution in [0, 0.1) is 11.8 Å². The van der Waals surface area contributed by atoms with Gasteiger partial charge in [-0.1, -0.05) is 31.4 Å². The van der Waals surface area contributed by atoms with Gasteiger partial charge in [0.2, 0.25) is 17.7 Å². The standard InChI is InChI=1S/C26H39N3O5/c1-24(2,3)28-22(31)20-26-13-12-25(4,34-26)18(21(30)27-16-9-6-5-7-10-16)19(26)23(32)29(20)15-17-11-8-14-33-17/h12-13,16-20H,5-11,14-15H2,1-4H3,(H,27,30)(H,28,31)/t17-,18+,19+,20-,25+,26-/m0/s1. The Morgan fingerprint density at radius 1 is 1.09 bits per heavy atom. The van der Waals surface area contributed by atoms with E-state index in [1.54, 1.807) is 4.90 Å². The zero-order valence-electron chi connectivity index (χ0n) is 20.9. The van der Waals surface area contributed by atoms with Gasteiger partial charge in [-0.25, -0.2) is 0 Å². The number of hydrogen-bond acceptors (Lipinski definition) is 5. The maximum atomic E-state index is 14.0. The molecule has 0 radical (unpaired) electrons. The van der Waals surface area contributed by atoms with Crippen molar-refractivity contribution in [2.45, 2.75) is 108 Å². The van der Waals surface area contributed by atoms with Crippen LogP contribution < -0.4 is 10.6 Å². The smallest absolute Gasteiger partial charge is 0.246 e. The predicted molar refractivity (Wildman–Crippen MR) is 126 cm³/mol. The SMILES string of the molecule is CC(C)(C)NC(=O)[C@@H]1N(C[C@@H]2CCCO2)C(=O)[C@H]2[C@H](C(=O)NC3CCCCC3)[C@@]3(C)C=C[C@@]12O3. The average molecular weight is 474 g/mol. The third kappa shape index (κ3) is 3.87. The molecule has 0 aromatic heterocycles. The second-order valence-corrected chi connectivity index (χ2v) is 12.0. The van der Waals surface area contributed by atoms with Gasteiger partial charge in [0.25, 0.3) is 0 Å². The van der Waals surface area contributed by atoms with E-state index >= 15 is 0 Å². The lowest BCUT2D eigenvalue weighted by molar-refractivity contribution is -0.147. The third-order valence-corrected chi connectivity index (χ3v) is 8.20. The highest BCUT2D eigenvalue weighted by Crippen LogP contribution is 2.59. The topological polar surface area (TPSA) is 97.0 Å². The first-order valence-electron chi connectivity index (χ1n) is 13.0. The van der Waals surface area contributed by atoms with Crippen LogP contribution in [0.15, 0.2) is 12.2 Å². The molecule has 4 fully saturated rings. The first-order valence-corrected chi connectivity index (χ1v) is 13.0. The van der Waals surface area contributed by atoms with Gasteiger partial charge >= 0.3 is 0 Å². The molecule has 1 spiro atoms. The Morgan fingerprint density at radius 2 is 1.82 bits per heavy atom. The molecular formula is C26H39N3O5. The minimum atomic E-state index is -1.14. The van der Waals surface area contributed by atoms with Gasteiger partial charge in [-0.2, -0.15) is 0 Å². The number of nitrogens with one attached hydrogen (secondary N) is 2. The number of hydrogen-bond donors (Lipinski definition) is 2. The molecule has 6 atom stereocenters. The van der Waals surface area contributed by atoms with E-state index in [9.17, 15) is 14.4 Å². The number of fused-ring (bicyclic) bond motifs is 1. The summed E-state index contributed by atoms with van der Waals surface area (Å²) in [6.07, 6.45) is 10.8. The van der Waals surface area contributed by atoms with Crippen molar-refractivity contribution in [2.24, 2.45) is 11.8 Å². The maximum Gasteiger partial charge on any atom is 0.246 e. The highest BCUT2D eigenvalue weighted by molar-refractivity contribution is 6.00. The zero-order valence-corrected chi connectivity index (χ0v) is 20.9. The van der Waals surface area contributed by atoms with E-state index in [1.165, 1.54) is 6.42 Å². The largest absolute Gasteiger partial charge is 0.376 e. The van der Waals surface area contributed by atoms with Crippen LogP contribution in [-0.4, -0.2) is 70.7 Å². The zero-order chi connectivity index (χ0) is 24.3. The summed E-state index contributed by atoms with van der Waals surface area (Å²) in [6, 6.07) is -0.692. The minimum absolute atomic E-state index is 0.101. The molecule has 1 aliphatic carbocycles. The van der Waals surface area contributed by atoms with Crippen LogP contribution in [0.1, 0.15) is 72.6 Å². The summed E-state index contributed by atoms with van der Waals surface area (Å²) in [5.41, 5.74) is -2.52. The third-order valence-electron chi connectivity index (χ3n) is 8.20. The van der Waals surface area contributed by atoms with Crippen LogP contribution in [0.2, 0.25) is 0 Å². The van der Waals surface area contributed by atoms with E-state index in [1.807, 2.05) is 39.8 Å². The quantitative estimate of drug-likeness (QED) is 0.596. The van der Waals surface area contributed by atoms with Crippen LogP contribution in [-0.2, 0) is 23.9 Å². The molecule has 8 nitrogen and oxygen atoms in total. The fourth-order valence-corrected chi connectivity index (χ4v) is 6.81. The molecule has 0 unspecified atom stereocenters. The van der Waals surface area contributed by atoms with Crippen LogP contribution in [0.3, 0.4) is 0 Å². The summed E-state index contributed by atoms with van der Waals surface area (Å²) in [5, 5.41) is 6.28. The van der Waals surface area contributed by atoms with E-state index in [0.29, 0.717) is 13.2 Å². The van der Waals surface area contributed by atoms with E-state index in [-0.39, 0.29) is 29.9 Å². The molecule has 5 rings (SSSR count). The van der Waals surface area contributed by atoms with Crippen LogP contribution >= 0.6 is 0 Å². The Kier molecular flexibility index (Phi) is 5.83. The van der Waals surface area contributed by atoms with Gasteiger partial charge in [-0.15, -0.1) is 0 Å². The number of rotatable bonds is 5. The summed E-state index contributed by atoms with van der Waals surface area (Å²) in [6.45, 7) is 8.65. The lowest BCUT2D eigenvalue weighted by atomic mass is 9.70. The van der Waals surface area contributed by atoms with Gasteiger partial charge in [-0.05, 0) is 53.4 Å². The van der Waals surface area contributed by atoms with Gasteiger partial charge in [0.05, 0.1) is 23.5 Å². The first kappa shape index (κ1) is 23.8. The van der Waals surface area contributed by atoms with E-state index in [0.717, 1.165) is 38.5 Å². The van der Waals surface area contributed by atoms with Crippen molar-refractivity contribution < 1.29 is 23.9 Å². The predicted octanol–water partition coefficient (Wildman–Crippen LogP) is 2.07. The lowest BCUT2D eigenvalue weighted by Gasteiger charge is -2.35. The average Bonchev–Trinajstić information content (AvgIpc) is 3.48. The highest BCUT2D eigenvalue weighted by Gasteiger charge is 2.76. The van der Waals surface area contributed by atoms with E-state index < -0.39 is 34.6 Å². The Balaban J connectivity index is 1.47. The maximum absolute atomic E-state index is 14.0. The normalized spacial score (nSPS) is 39.5. The van der Waals surface area contributed by atoms with Crippen molar-refractivity contribution in [3.8, 4) is 0 Å². The summed E-state index contributed by atoms with van der Waals surface area (Å²) >= 11 is 0. The first-order chi connectivity index (χ1) is 16.0. The van der Waals surface area contributed by atoms with Gasteiger partial charge in [0, 0.05) is 24.7 Å². The van der Waals surface area contributed by atoms with Crippen molar-refractivity contribution in [3.05, 3.63) is 12.2 Å². The lowest BCUT2D eigenvalue weighted by Crippen LogP contribution is -2.58. The molecule has 0 aromatic carbocycles. The molecule has 2 N–H and O–H groups in total. The van der Waals surface area contributed by atoms with Crippen molar-refractivity contribution in [3.63, 3.8) is 0 Å². The summed E-state index contributed by atoms with van der Waals surface area (Å²) in [4.78, 5) is 42.9. The minimum Gasteiger partial charge on any atom is -0.376 e. The van der Waals surface area contributed by atoms with E-state index in [4.69, 9.17) is 9.47 Å². The molecule has 3 amide bonds. The molecule has 8 heteroatoms. The van der Waals surface area contributed by atoms with Crippen molar-refractivity contribution in [1.29, 1.82) is 0 Å². The highest BCUT2D eigenvalue weighted by atomic mass is 16.5. The molecule has 1 saturated carbocycles. The molecule has 2 bridgehead atoms. The van der Waals surface area contributed by atoms with Gasteiger partial charge in [0.1, 0.15) is 11.6 Å². The van der Waals surface area contributed by atoms with Gasteiger partial charge < -0.3 is 25.0 Å². The molecular weight excluding hydrogens is 434 g/mol. The number of nitrogens with zero attached hydrogens (tertiary/aromatic N) is 1. The van der Waals surface area contributed by atoms with E-state index in [2.05, 4.69) is 10.6 Å². The molecule has 4 aliphatic heterocycles. The van der Waals surface area contributed by atoms with Gasteiger partial charge in [-0.3, -0.25) is 14.4 Å². The Hall–Kier alpha value is -1.93. The molecule has 34 heavy (non-hydrogen) atoms. The molecule has 3 saturated heterocycles. The summed E-state index contributed by atoms with van der Waals surface area (Å²) in [7, 11) is 0. The summed E-state index contributed by atoms with van der Waals surface area (Å²) in [5.74, 6) is -1.94. The summed E-state index contributed by atoms with van der Waals surface area (Å²) < 4.78 is 12.4. The number of amides is 3. The Bertz CT molecular complexity index is 885. The number of ether oxygens (including phenoxy) is 2. The van der Waals surface area contributed by atoms with Crippen LogP contribution in [0.5, 0.6) is 0 Å². The number of likely N-dealkylation sites (tertiary alicyclic amines) is 1. The van der Waals surface area contributed by atoms with Crippen molar-refractivity contribution in [2.75, 3.05) is 13.2 Å². The second kappa shape index (κ2) is 8.33. The van der Waals surface area contributed by atoms with Crippen LogP contribution in [0.25, 0.3) is 0 Å². The number of carbonyl (C=O) groups excluding carboxylic acids is 3.